The number of nitrogens with one attached hydrogen (secondary N) is 1. The van der Waals surface area contributed by atoms with E-state index < -0.39 is 12.0 Å². The summed E-state index contributed by atoms with van der Waals surface area (Å²) in [6.45, 7) is 1.60. The summed E-state index contributed by atoms with van der Waals surface area (Å²) >= 11 is 11.7. The highest BCUT2D eigenvalue weighted by atomic mass is 35.5. The first-order valence-corrected chi connectivity index (χ1v) is 6.68. The van der Waals surface area contributed by atoms with Crippen molar-refractivity contribution < 1.29 is 14.7 Å². The van der Waals surface area contributed by atoms with Gasteiger partial charge in [0.25, 0.3) is 0 Å². The van der Waals surface area contributed by atoms with Crippen LogP contribution in [0.1, 0.15) is 23.5 Å². The average molecular weight is 328 g/mol. The molecule has 21 heavy (non-hydrogen) atoms. The number of nitrogens with zero attached hydrogens (tertiary/aromatic N) is 2. The maximum atomic E-state index is 12.1. The molecule has 1 heterocycles. The highest BCUT2D eigenvalue weighted by Crippen LogP contribution is 2.23. The number of carbonyl (C=O) groups is 2. The Morgan fingerprint density at radius 3 is 2.43 bits per heavy atom. The Balaban J connectivity index is 2.13. The van der Waals surface area contributed by atoms with Gasteiger partial charge in [-0.15, -0.1) is 0 Å². The molecule has 1 aromatic heterocycles. The predicted molar refractivity (Wildman–Crippen MR) is 79.0 cm³/mol. The molecule has 110 valence electrons. The van der Waals surface area contributed by atoms with Crippen molar-refractivity contribution in [2.75, 3.05) is 5.32 Å². The van der Waals surface area contributed by atoms with E-state index in [0.717, 1.165) is 0 Å². The van der Waals surface area contributed by atoms with Gasteiger partial charge in [-0.25, -0.2) is 4.79 Å². The quantitative estimate of drug-likeness (QED) is 0.903. The summed E-state index contributed by atoms with van der Waals surface area (Å²) in [5.74, 6) is -1.52. The number of anilines is 1. The monoisotopic (exact) mass is 327 g/mol. The second-order valence-corrected chi connectivity index (χ2v) is 5.18. The van der Waals surface area contributed by atoms with Crippen LogP contribution in [0.4, 0.5) is 5.69 Å². The number of carboxylic acid groups (broad SMARTS) is 1. The Morgan fingerprint density at radius 2 is 1.90 bits per heavy atom. The van der Waals surface area contributed by atoms with E-state index in [9.17, 15) is 9.59 Å². The van der Waals surface area contributed by atoms with Crippen LogP contribution in [0.3, 0.4) is 0 Å². The van der Waals surface area contributed by atoms with Gasteiger partial charge < -0.3 is 10.4 Å². The van der Waals surface area contributed by atoms with Gasteiger partial charge in [-0.2, -0.15) is 5.10 Å². The Bertz CT molecular complexity index is 679. The van der Waals surface area contributed by atoms with E-state index in [1.165, 1.54) is 16.9 Å². The zero-order valence-corrected chi connectivity index (χ0v) is 12.4. The number of carbonyl (C=O) groups excluding carboxylic acids is 1. The Hall–Kier alpha value is -2.05. The van der Waals surface area contributed by atoms with E-state index in [1.54, 1.807) is 25.1 Å². The van der Waals surface area contributed by atoms with Gasteiger partial charge in [0.2, 0.25) is 5.91 Å². The number of benzene rings is 1. The molecule has 2 N–H and O–H groups in total. The maximum absolute atomic E-state index is 12.1. The SMILES string of the molecule is CC(C(=O)Nc1cc(Cl)cc(Cl)c1)n1ccc(C(=O)O)n1. The predicted octanol–water partition coefficient (Wildman–Crippen LogP) is 3.09. The first-order valence-electron chi connectivity index (χ1n) is 5.92. The van der Waals surface area contributed by atoms with Crippen molar-refractivity contribution in [2.45, 2.75) is 13.0 Å². The molecule has 0 aliphatic heterocycles. The molecular formula is C13H11Cl2N3O3. The third kappa shape index (κ3) is 3.74. The van der Waals surface area contributed by atoms with Crippen LogP contribution in [0.15, 0.2) is 30.5 Å². The van der Waals surface area contributed by atoms with Crippen molar-refractivity contribution in [3.8, 4) is 0 Å². The van der Waals surface area contributed by atoms with E-state index >= 15 is 0 Å². The van der Waals surface area contributed by atoms with E-state index in [1.807, 2.05) is 0 Å². The summed E-state index contributed by atoms with van der Waals surface area (Å²) in [6, 6.07) is 5.31. The van der Waals surface area contributed by atoms with Gasteiger partial charge in [0.05, 0.1) is 0 Å². The van der Waals surface area contributed by atoms with Crippen molar-refractivity contribution >= 4 is 40.8 Å². The zero-order chi connectivity index (χ0) is 15.6. The van der Waals surface area contributed by atoms with Crippen molar-refractivity contribution in [2.24, 2.45) is 0 Å². The molecule has 0 aliphatic carbocycles. The Kier molecular flexibility index (Phi) is 4.50. The molecule has 0 fully saturated rings. The van der Waals surface area contributed by atoms with Crippen molar-refractivity contribution in [1.29, 1.82) is 0 Å². The van der Waals surface area contributed by atoms with Crippen LogP contribution in [0, 0.1) is 0 Å². The van der Waals surface area contributed by atoms with Gasteiger partial charge in [-0.05, 0) is 31.2 Å². The molecule has 0 bridgehead atoms. The Labute approximate surface area is 130 Å². The molecule has 2 rings (SSSR count). The topological polar surface area (TPSA) is 84.2 Å². The van der Waals surface area contributed by atoms with Gasteiger partial charge >= 0.3 is 5.97 Å². The highest BCUT2D eigenvalue weighted by molar-refractivity contribution is 6.35. The van der Waals surface area contributed by atoms with Crippen LogP contribution in [0.2, 0.25) is 10.0 Å². The fourth-order valence-electron chi connectivity index (χ4n) is 1.66. The third-order valence-electron chi connectivity index (χ3n) is 2.73. The van der Waals surface area contributed by atoms with Crippen LogP contribution in [0.5, 0.6) is 0 Å². The minimum Gasteiger partial charge on any atom is -0.476 e. The first-order chi connectivity index (χ1) is 9.86. The standard InChI is InChI=1S/C13H11Cl2N3O3/c1-7(18-3-2-11(17-18)13(20)21)12(19)16-10-5-8(14)4-9(15)6-10/h2-7H,1H3,(H,16,19)(H,20,21). The molecule has 0 aliphatic rings. The molecule has 2 aromatic rings. The summed E-state index contributed by atoms with van der Waals surface area (Å²) in [7, 11) is 0. The van der Waals surface area contributed by atoms with Crippen LogP contribution in [-0.4, -0.2) is 26.8 Å². The normalized spacial score (nSPS) is 12.0. The Morgan fingerprint density at radius 1 is 1.29 bits per heavy atom. The lowest BCUT2D eigenvalue weighted by Gasteiger charge is -2.13. The minimum absolute atomic E-state index is 0.125. The van der Waals surface area contributed by atoms with Gasteiger partial charge in [0, 0.05) is 21.9 Å². The second kappa shape index (κ2) is 6.15. The second-order valence-electron chi connectivity index (χ2n) is 4.31. The van der Waals surface area contributed by atoms with Crippen LogP contribution < -0.4 is 5.32 Å². The number of hydrogen-bond acceptors (Lipinski definition) is 3. The summed E-state index contributed by atoms with van der Waals surface area (Å²) in [5, 5.41) is 16.1. The van der Waals surface area contributed by atoms with Crippen molar-refractivity contribution in [3.05, 3.63) is 46.2 Å². The summed E-state index contributed by atoms with van der Waals surface area (Å²) in [6.07, 6.45) is 1.43. The number of amides is 1. The molecule has 0 saturated carbocycles. The molecule has 8 heteroatoms. The smallest absolute Gasteiger partial charge is 0.356 e. The summed E-state index contributed by atoms with van der Waals surface area (Å²) < 4.78 is 1.27. The van der Waals surface area contributed by atoms with Gasteiger partial charge in [-0.3, -0.25) is 9.48 Å². The maximum Gasteiger partial charge on any atom is 0.356 e. The third-order valence-corrected chi connectivity index (χ3v) is 3.17. The molecule has 0 spiro atoms. The molecular weight excluding hydrogens is 317 g/mol. The molecule has 1 atom stereocenters. The fraction of sp³-hybridized carbons (Fsp3) is 0.154. The van der Waals surface area contributed by atoms with Crippen molar-refractivity contribution in [1.82, 2.24) is 9.78 Å². The molecule has 1 aromatic carbocycles. The molecule has 6 nitrogen and oxygen atoms in total. The number of halogens is 2. The lowest BCUT2D eigenvalue weighted by Crippen LogP contribution is -2.24. The lowest BCUT2D eigenvalue weighted by molar-refractivity contribution is -0.119. The average Bonchev–Trinajstić information content (AvgIpc) is 2.86. The fourth-order valence-corrected chi connectivity index (χ4v) is 2.19. The zero-order valence-electron chi connectivity index (χ0n) is 10.9. The van der Waals surface area contributed by atoms with Crippen LogP contribution in [0.25, 0.3) is 0 Å². The van der Waals surface area contributed by atoms with E-state index in [2.05, 4.69) is 10.4 Å². The van der Waals surface area contributed by atoms with Crippen LogP contribution >= 0.6 is 23.2 Å². The number of aromatic carboxylic acids is 1. The highest BCUT2D eigenvalue weighted by Gasteiger charge is 2.18. The van der Waals surface area contributed by atoms with Gasteiger partial charge in [0.1, 0.15) is 6.04 Å². The summed E-state index contributed by atoms with van der Waals surface area (Å²) in [5.41, 5.74) is 0.329. The van der Waals surface area contributed by atoms with Gasteiger partial charge in [0.15, 0.2) is 5.69 Å². The van der Waals surface area contributed by atoms with E-state index in [0.29, 0.717) is 15.7 Å². The minimum atomic E-state index is -1.15. The van der Waals surface area contributed by atoms with E-state index in [-0.39, 0.29) is 11.6 Å². The van der Waals surface area contributed by atoms with Gasteiger partial charge in [-0.1, -0.05) is 23.2 Å². The van der Waals surface area contributed by atoms with Crippen molar-refractivity contribution in [3.63, 3.8) is 0 Å². The summed E-state index contributed by atoms with van der Waals surface area (Å²) in [4.78, 5) is 22.9. The van der Waals surface area contributed by atoms with Crippen LogP contribution in [-0.2, 0) is 4.79 Å². The largest absolute Gasteiger partial charge is 0.476 e. The lowest BCUT2D eigenvalue weighted by atomic mass is 10.2. The molecule has 0 saturated heterocycles. The molecule has 0 radical (unpaired) electrons. The number of hydrogen-bond donors (Lipinski definition) is 2. The number of carboxylic acids is 1. The molecule has 1 unspecified atom stereocenters. The molecule has 1 amide bonds. The van der Waals surface area contributed by atoms with E-state index in [4.69, 9.17) is 28.3 Å². The number of rotatable bonds is 4. The first kappa shape index (κ1) is 15.3. The number of aromatic nitrogens is 2.